The second-order valence-corrected chi connectivity index (χ2v) is 5.07. The largest absolute Gasteiger partial charge is 0.359 e. The summed E-state index contributed by atoms with van der Waals surface area (Å²) in [7, 11) is 2.05. The molecule has 0 fully saturated rings. The summed E-state index contributed by atoms with van der Waals surface area (Å²) >= 11 is 5.96. The third kappa shape index (κ3) is 2.67. The molecule has 0 unspecified atom stereocenters. The fourth-order valence-corrected chi connectivity index (χ4v) is 2.12. The van der Waals surface area contributed by atoms with Crippen LogP contribution in [-0.2, 0) is 0 Å². The lowest BCUT2D eigenvalue weighted by molar-refractivity contribution is 0.635. The summed E-state index contributed by atoms with van der Waals surface area (Å²) in [5.41, 5.74) is 0.887. The van der Waals surface area contributed by atoms with Gasteiger partial charge in [-0.3, -0.25) is 0 Å². The van der Waals surface area contributed by atoms with E-state index in [1.807, 2.05) is 18.2 Å². The van der Waals surface area contributed by atoms with Crippen LogP contribution in [-0.4, -0.2) is 23.6 Å². The Labute approximate surface area is 106 Å². The van der Waals surface area contributed by atoms with E-state index in [-0.39, 0.29) is 0 Å². The molecule has 3 nitrogen and oxygen atoms in total. The molecule has 0 atom stereocenters. The molecule has 0 saturated heterocycles. The summed E-state index contributed by atoms with van der Waals surface area (Å²) in [5.74, 6) is 1.55. The highest BCUT2D eigenvalue weighted by Crippen LogP contribution is 2.24. The quantitative estimate of drug-likeness (QED) is 0.835. The summed E-state index contributed by atoms with van der Waals surface area (Å²) < 4.78 is 0. The molecule has 0 amide bonds. The Balaban J connectivity index is 2.47. The van der Waals surface area contributed by atoms with Crippen molar-refractivity contribution in [3.8, 4) is 0 Å². The number of nitrogens with zero attached hydrogens (tertiary/aromatic N) is 3. The Morgan fingerprint density at radius 1 is 1.29 bits per heavy atom. The summed E-state index contributed by atoms with van der Waals surface area (Å²) in [6.07, 6.45) is 1.59. The molecule has 0 radical (unpaired) electrons. The summed E-state index contributed by atoms with van der Waals surface area (Å²) in [4.78, 5) is 10.8. The summed E-state index contributed by atoms with van der Waals surface area (Å²) in [6, 6.07) is 5.72. The van der Waals surface area contributed by atoms with Crippen molar-refractivity contribution in [2.75, 3.05) is 18.5 Å². The molecule has 0 aliphatic carbocycles. The van der Waals surface area contributed by atoms with Crippen LogP contribution in [0.2, 0.25) is 5.02 Å². The van der Waals surface area contributed by atoms with Gasteiger partial charge in [0.1, 0.15) is 12.1 Å². The molecule has 17 heavy (non-hydrogen) atoms. The lowest BCUT2D eigenvalue weighted by Crippen LogP contribution is -2.23. The Morgan fingerprint density at radius 2 is 2.06 bits per heavy atom. The van der Waals surface area contributed by atoms with E-state index in [2.05, 4.69) is 35.8 Å². The number of hydrogen-bond acceptors (Lipinski definition) is 3. The third-order valence-electron chi connectivity index (χ3n) is 2.58. The molecule has 1 heterocycles. The number of hydrogen-bond donors (Lipinski definition) is 0. The maximum atomic E-state index is 5.96. The lowest BCUT2D eigenvalue weighted by Gasteiger charge is -2.21. The number of halogens is 1. The van der Waals surface area contributed by atoms with E-state index in [1.54, 1.807) is 6.33 Å². The average Bonchev–Trinajstić information content (AvgIpc) is 2.26. The van der Waals surface area contributed by atoms with Crippen molar-refractivity contribution >= 4 is 28.3 Å². The molecule has 90 valence electrons. The van der Waals surface area contributed by atoms with Crippen LogP contribution in [0.25, 0.3) is 10.9 Å². The average molecular weight is 250 g/mol. The van der Waals surface area contributed by atoms with Crippen LogP contribution in [0, 0.1) is 5.92 Å². The zero-order valence-corrected chi connectivity index (χ0v) is 11.1. The van der Waals surface area contributed by atoms with Crippen LogP contribution >= 0.6 is 11.6 Å². The van der Waals surface area contributed by atoms with Crippen LogP contribution in [0.4, 0.5) is 5.82 Å². The molecule has 4 heteroatoms. The highest BCUT2D eigenvalue weighted by molar-refractivity contribution is 6.31. The van der Waals surface area contributed by atoms with Gasteiger partial charge < -0.3 is 4.90 Å². The van der Waals surface area contributed by atoms with Crippen LogP contribution in [0.3, 0.4) is 0 Å². The summed E-state index contributed by atoms with van der Waals surface area (Å²) in [6.45, 7) is 5.35. The maximum Gasteiger partial charge on any atom is 0.139 e. The maximum absolute atomic E-state index is 5.96. The molecule has 0 aliphatic rings. The lowest BCUT2D eigenvalue weighted by atomic mass is 10.2. The number of anilines is 1. The van der Waals surface area contributed by atoms with Crippen molar-refractivity contribution in [1.29, 1.82) is 0 Å². The number of fused-ring (bicyclic) bond motifs is 1. The van der Waals surface area contributed by atoms with Gasteiger partial charge >= 0.3 is 0 Å². The van der Waals surface area contributed by atoms with Crippen LogP contribution in [0.1, 0.15) is 13.8 Å². The van der Waals surface area contributed by atoms with E-state index in [9.17, 15) is 0 Å². The van der Waals surface area contributed by atoms with Gasteiger partial charge in [-0.2, -0.15) is 0 Å². The van der Waals surface area contributed by atoms with Gasteiger partial charge in [0, 0.05) is 24.0 Å². The molecular formula is C13H16ClN3. The van der Waals surface area contributed by atoms with E-state index in [1.165, 1.54) is 0 Å². The molecule has 2 aromatic rings. The van der Waals surface area contributed by atoms with Crippen molar-refractivity contribution in [2.45, 2.75) is 13.8 Å². The molecular weight excluding hydrogens is 234 g/mol. The first-order valence-corrected chi connectivity index (χ1v) is 6.07. The fourth-order valence-electron chi connectivity index (χ4n) is 1.95. The monoisotopic (exact) mass is 249 g/mol. The highest BCUT2D eigenvalue weighted by Gasteiger charge is 2.09. The predicted molar refractivity (Wildman–Crippen MR) is 72.7 cm³/mol. The third-order valence-corrected chi connectivity index (χ3v) is 2.81. The SMILES string of the molecule is CC(C)CN(C)c1ncnc2cc(Cl)ccc12. The van der Waals surface area contributed by atoms with E-state index < -0.39 is 0 Å². The summed E-state index contributed by atoms with van der Waals surface area (Å²) in [5, 5.41) is 1.74. The Kier molecular flexibility index (Phi) is 3.48. The van der Waals surface area contributed by atoms with Crippen molar-refractivity contribution in [3.05, 3.63) is 29.5 Å². The van der Waals surface area contributed by atoms with E-state index in [0.29, 0.717) is 10.9 Å². The molecule has 0 bridgehead atoms. The molecule has 1 aromatic heterocycles. The normalized spacial score (nSPS) is 11.1. The fraction of sp³-hybridized carbons (Fsp3) is 0.385. The van der Waals surface area contributed by atoms with Crippen molar-refractivity contribution in [1.82, 2.24) is 9.97 Å². The van der Waals surface area contributed by atoms with Gasteiger partial charge in [-0.15, -0.1) is 0 Å². The van der Waals surface area contributed by atoms with Crippen LogP contribution in [0.5, 0.6) is 0 Å². The predicted octanol–water partition coefficient (Wildman–Crippen LogP) is 3.38. The second kappa shape index (κ2) is 4.88. The molecule has 0 spiro atoms. The van der Waals surface area contributed by atoms with Crippen LogP contribution in [0.15, 0.2) is 24.5 Å². The zero-order chi connectivity index (χ0) is 12.4. The minimum Gasteiger partial charge on any atom is -0.359 e. The Hall–Kier alpha value is -1.35. The highest BCUT2D eigenvalue weighted by atomic mass is 35.5. The molecule has 2 rings (SSSR count). The smallest absolute Gasteiger partial charge is 0.139 e. The Morgan fingerprint density at radius 3 is 2.76 bits per heavy atom. The minimum absolute atomic E-state index is 0.595. The molecule has 1 aromatic carbocycles. The topological polar surface area (TPSA) is 29.0 Å². The molecule has 0 saturated carbocycles. The van der Waals surface area contributed by atoms with Gasteiger partial charge in [0.05, 0.1) is 5.52 Å². The van der Waals surface area contributed by atoms with Crippen molar-refractivity contribution in [3.63, 3.8) is 0 Å². The molecule has 0 aliphatic heterocycles. The van der Waals surface area contributed by atoms with Gasteiger partial charge in [-0.25, -0.2) is 9.97 Å². The van der Waals surface area contributed by atoms with Gasteiger partial charge in [0.25, 0.3) is 0 Å². The van der Waals surface area contributed by atoms with E-state index in [0.717, 1.165) is 23.3 Å². The van der Waals surface area contributed by atoms with E-state index in [4.69, 9.17) is 11.6 Å². The first-order valence-electron chi connectivity index (χ1n) is 5.69. The van der Waals surface area contributed by atoms with Crippen molar-refractivity contribution < 1.29 is 0 Å². The second-order valence-electron chi connectivity index (χ2n) is 4.63. The van der Waals surface area contributed by atoms with Gasteiger partial charge in [-0.05, 0) is 24.1 Å². The number of rotatable bonds is 3. The van der Waals surface area contributed by atoms with Gasteiger partial charge in [0.15, 0.2) is 0 Å². The van der Waals surface area contributed by atoms with E-state index >= 15 is 0 Å². The standard InChI is InChI=1S/C13H16ClN3/c1-9(2)7-17(3)13-11-5-4-10(14)6-12(11)15-8-16-13/h4-6,8-9H,7H2,1-3H3. The first-order chi connectivity index (χ1) is 8.08. The minimum atomic E-state index is 0.595. The first kappa shape index (κ1) is 12.1. The van der Waals surface area contributed by atoms with Crippen LogP contribution < -0.4 is 4.90 Å². The zero-order valence-electron chi connectivity index (χ0n) is 10.3. The molecule has 0 N–H and O–H groups in total. The van der Waals surface area contributed by atoms with Gasteiger partial charge in [-0.1, -0.05) is 25.4 Å². The van der Waals surface area contributed by atoms with Gasteiger partial charge in [0.2, 0.25) is 0 Å². The number of benzene rings is 1. The Bertz CT molecular complexity index is 525. The van der Waals surface area contributed by atoms with Crippen molar-refractivity contribution in [2.24, 2.45) is 5.92 Å². The number of aromatic nitrogens is 2.